The summed E-state index contributed by atoms with van der Waals surface area (Å²) in [4.78, 5) is 33.2. The Morgan fingerprint density at radius 2 is 1.23 bits per heavy atom. The normalized spacial score (nSPS) is 10.9. The predicted molar refractivity (Wildman–Crippen MR) is 246 cm³/mol. The molecule has 0 unspecified atom stereocenters. The highest BCUT2D eigenvalue weighted by Crippen LogP contribution is 2.37. The maximum atomic E-state index is 14.2. The topological polar surface area (TPSA) is 152 Å². The van der Waals surface area contributed by atoms with Crippen molar-refractivity contribution in [3.05, 3.63) is 142 Å². The second-order valence-electron chi connectivity index (χ2n) is 13.8. The van der Waals surface area contributed by atoms with Crippen molar-refractivity contribution in [3.63, 3.8) is 0 Å². The van der Waals surface area contributed by atoms with Crippen LogP contribution >= 0.6 is 35.0 Å². The molecular formula is C45H41Cl2F2N9O5S. The smallest absolute Gasteiger partial charge is 0.250 e. The second-order valence-corrected chi connectivity index (χ2v) is 15.7. The molecule has 0 bridgehead atoms. The average Bonchev–Trinajstić information content (AvgIpc) is 3.71. The van der Waals surface area contributed by atoms with Gasteiger partial charge in [-0.05, 0) is 67.4 Å². The minimum Gasteiger partial charge on any atom is -0.493 e. The van der Waals surface area contributed by atoms with E-state index < -0.39 is 11.6 Å². The quantitative estimate of drug-likeness (QED) is 0.0659. The molecule has 2 N–H and O–H groups in total. The van der Waals surface area contributed by atoms with E-state index in [0.717, 1.165) is 17.3 Å². The van der Waals surface area contributed by atoms with Crippen molar-refractivity contribution in [2.45, 2.75) is 24.5 Å². The molecule has 0 aliphatic carbocycles. The molecule has 0 fully saturated rings. The first-order valence-corrected chi connectivity index (χ1v) is 21.4. The molecule has 330 valence electrons. The molecule has 0 saturated heterocycles. The van der Waals surface area contributed by atoms with Crippen molar-refractivity contribution in [3.8, 4) is 23.0 Å². The molecule has 14 nitrogen and oxygen atoms in total. The number of fused-ring (bicyclic) bond motifs is 2. The number of anilines is 4. The van der Waals surface area contributed by atoms with Crippen LogP contribution in [0.1, 0.15) is 12.8 Å². The van der Waals surface area contributed by atoms with Gasteiger partial charge in [0.25, 0.3) is 0 Å². The lowest BCUT2D eigenvalue weighted by Crippen LogP contribution is -2.18. The van der Waals surface area contributed by atoms with Gasteiger partial charge in [0.05, 0.1) is 49.8 Å². The van der Waals surface area contributed by atoms with Crippen molar-refractivity contribution >= 4 is 79.8 Å². The molecule has 0 atom stereocenters. The summed E-state index contributed by atoms with van der Waals surface area (Å²) in [7, 11) is 5.08. The largest absolute Gasteiger partial charge is 0.493 e. The number of nitrogens with one attached hydrogen (secondary N) is 2. The van der Waals surface area contributed by atoms with Crippen molar-refractivity contribution in [1.82, 2.24) is 34.1 Å². The summed E-state index contributed by atoms with van der Waals surface area (Å²) >= 11 is 13.3. The zero-order valence-corrected chi connectivity index (χ0v) is 37.1. The van der Waals surface area contributed by atoms with Crippen LogP contribution in [0.3, 0.4) is 0 Å². The van der Waals surface area contributed by atoms with Crippen molar-refractivity contribution < 1.29 is 27.7 Å². The maximum absolute atomic E-state index is 14.2. The van der Waals surface area contributed by atoms with Crippen LogP contribution in [-0.4, -0.2) is 67.2 Å². The van der Waals surface area contributed by atoms with Gasteiger partial charge in [0.2, 0.25) is 5.56 Å². The predicted octanol–water partition coefficient (Wildman–Crippen LogP) is 10.3. The van der Waals surface area contributed by atoms with Crippen molar-refractivity contribution in [2.75, 3.05) is 43.8 Å². The Bertz CT molecular complexity index is 2940. The highest BCUT2D eigenvalue weighted by molar-refractivity contribution is 7.99. The molecule has 0 radical (unpaired) electrons. The summed E-state index contributed by atoms with van der Waals surface area (Å²) in [5, 5.41) is 8.90. The molecule has 0 aliphatic heterocycles. The Balaban J connectivity index is 0.000000191. The van der Waals surface area contributed by atoms with E-state index in [9.17, 15) is 13.6 Å². The number of hydrogen-bond acceptors (Lipinski definition) is 13. The van der Waals surface area contributed by atoms with Gasteiger partial charge in [-0.3, -0.25) is 4.79 Å². The van der Waals surface area contributed by atoms with E-state index in [-0.39, 0.29) is 16.9 Å². The lowest BCUT2D eigenvalue weighted by atomic mass is 10.2. The van der Waals surface area contributed by atoms with E-state index in [2.05, 4.69) is 35.6 Å². The zero-order chi connectivity index (χ0) is 45.0. The fraction of sp³-hybridized carbons (Fsp3) is 0.200. The van der Waals surface area contributed by atoms with Crippen LogP contribution in [0.2, 0.25) is 10.0 Å². The number of aryl methyl sites for hydroxylation is 2. The lowest BCUT2D eigenvalue weighted by Gasteiger charge is -2.14. The van der Waals surface area contributed by atoms with Gasteiger partial charge in [0, 0.05) is 77.0 Å². The molecule has 8 aromatic rings. The summed E-state index contributed by atoms with van der Waals surface area (Å²) in [5.41, 5.74) is 1.70. The number of nitrogens with zero attached hydrogens (tertiary/aromatic N) is 7. The van der Waals surface area contributed by atoms with Crippen molar-refractivity contribution in [2.24, 2.45) is 7.05 Å². The third kappa shape index (κ3) is 11.5. The van der Waals surface area contributed by atoms with Gasteiger partial charge < -0.3 is 38.7 Å². The summed E-state index contributed by atoms with van der Waals surface area (Å²) < 4.78 is 54.9. The van der Waals surface area contributed by atoms with Crippen LogP contribution in [0.5, 0.6) is 23.0 Å². The number of methoxy groups -OCH3 is 2. The van der Waals surface area contributed by atoms with Gasteiger partial charge in [0.15, 0.2) is 28.2 Å². The van der Waals surface area contributed by atoms with Crippen LogP contribution < -0.4 is 35.1 Å². The van der Waals surface area contributed by atoms with Gasteiger partial charge in [0.1, 0.15) is 35.9 Å². The summed E-state index contributed by atoms with van der Waals surface area (Å²) in [5.74, 6) is 2.92. The lowest BCUT2D eigenvalue weighted by molar-refractivity contribution is 0.282. The van der Waals surface area contributed by atoms with E-state index in [1.807, 2.05) is 23.9 Å². The molecule has 8 rings (SSSR count). The third-order valence-electron chi connectivity index (χ3n) is 9.46. The van der Waals surface area contributed by atoms with Crippen molar-refractivity contribution in [1.29, 1.82) is 0 Å². The molecule has 0 spiro atoms. The van der Waals surface area contributed by atoms with Crippen LogP contribution in [0.4, 0.5) is 31.8 Å². The molecule has 4 heterocycles. The van der Waals surface area contributed by atoms with Gasteiger partial charge in [-0.1, -0.05) is 41.0 Å². The van der Waals surface area contributed by atoms with E-state index in [4.69, 9.17) is 42.1 Å². The van der Waals surface area contributed by atoms with E-state index in [0.29, 0.717) is 92.7 Å². The van der Waals surface area contributed by atoms with Crippen LogP contribution in [-0.2, 0) is 13.6 Å². The highest BCUT2D eigenvalue weighted by Gasteiger charge is 2.15. The summed E-state index contributed by atoms with van der Waals surface area (Å²) in [6.45, 7) is 1.44. The molecule has 0 saturated carbocycles. The SMILES string of the molecule is COc1cc2c(Nc3ccc(Cl)cc3F)ncnc2cc1OCCCSc1nccn1C.COc1cc2c(Nc3ccc(Cl)cc3F)ncnc2cc1OCCCn1ccccc1=O. The zero-order valence-electron chi connectivity index (χ0n) is 34.7. The number of imidazole rings is 1. The van der Waals surface area contributed by atoms with E-state index >= 15 is 0 Å². The Labute approximate surface area is 380 Å². The fourth-order valence-corrected chi connectivity index (χ4v) is 7.43. The number of halogens is 4. The molecule has 0 aliphatic rings. The number of hydrogen-bond donors (Lipinski definition) is 2. The number of pyridine rings is 1. The first kappa shape index (κ1) is 45.3. The highest BCUT2D eigenvalue weighted by atomic mass is 35.5. The summed E-state index contributed by atoms with van der Waals surface area (Å²) in [6.07, 6.45) is 9.72. The van der Waals surface area contributed by atoms with Crippen LogP contribution in [0.25, 0.3) is 21.8 Å². The minimum atomic E-state index is -0.492. The number of thioether (sulfide) groups is 1. The van der Waals surface area contributed by atoms with Gasteiger partial charge in [-0.25, -0.2) is 33.7 Å². The number of ether oxygens (including phenoxy) is 4. The number of rotatable bonds is 17. The van der Waals surface area contributed by atoms with Crippen LogP contribution in [0, 0.1) is 11.6 Å². The van der Waals surface area contributed by atoms with E-state index in [1.54, 1.807) is 90.4 Å². The second kappa shape index (κ2) is 21.6. The molecule has 4 aromatic carbocycles. The summed E-state index contributed by atoms with van der Waals surface area (Å²) in [6, 6.07) is 20.9. The first-order chi connectivity index (χ1) is 31.1. The molecule has 64 heavy (non-hydrogen) atoms. The first-order valence-electron chi connectivity index (χ1n) is 19.7. The Kier molecular flexibility index (Phi) is 15.3. The number of aromatic nitrogens is 7. The Morgan fingerprint density at radius 1 is 0.672 bits per heavy atom. The third-order valence-corrected chi connectivity index (χ3v) is 11.1. The molecule has 4 aromatic heterocycles. The van der Waals surface area contributed by atoms with Gasteiger partial charge in [-0.2, -0.15) is 0 Å². The van der Waals surface area contributed by atoms with E-state index in [1.165, 1.54) is 38.0 Å². The maximum Gasteiger partial charge on any atom is 0.250 e. The number of benzene rings is 4. The van der Waals surface area contributed by atoms with Gasteiger partial charge >= 0.3 is 0 Å². The van der Waals surface area contributed by atoms with Crippen LogP contribution in [0.15, 0.2) is 120 Å². The average molecular weight is 929 g/mol. The molecule has 0 amide bonds. The monoisotopic (exact) mass is 927 g/mol. The van der Waals surface area contributed by atoms with Gasteiger partial charge in [-0.15, -0.1) is 0 Å². The standard InChI is InChI=1S/C23H20ClFN4O3.C22H21ClFN5O2S/c1-31-20-12-16-19(13-21(20)32-10-4-9-29-8-3-2-5-22(29)30)26-14-27-23(16)28-18-7-6-15(24)11-17(18)25;1-29-7-6-25-22(29)32-9-3-8-31-20-12-18-15(11-19(20)30-2)21(27-13-26-18)28-17-5-4-14(23)10-16(17)24/h2-3,5-8,11-14H,4,9-10H2,1H3,(H,26,27,28);4-7,10-13H,3,8-9H2,1-2H3,(H,26,27,28). The fourth-order valence-electron chi connectivity index (χ4n) is 6.27. The molecular weight excluding hydrogens is 888 g/mol. The Morgan fingerprint density at radius 3 is 1.73 bits per heavy atom. The molecule has 19 heteroatoms. The minimum absolute atomic E-state index is 0.0513. The Hall–Kier alpha value is -6.69.